The largest absolute Gasteiger partial charge is 0.462 e. The van der Waals surface area contributed by atoms with Crippen LogP contribution in [0.5, 0.6) is 0 Å². The van der Waals surface area contributed by atoms with Crippen LogP contribution in [-0.2, 0) is 28.6 Å². The van der Waals surface area contributed by atoms with Crippen LogP contribution in [0.4, 0.5) is 0 Å². The predicted molar refractivity (Wildman–Crippen MR) is 288 cm³/mol. The van der Waals surface area contributed by atoms with Crippen molar-refractivity contribution in [2.75, 3.05) is 13.2 Å². The number of rotatable bonds is 47. The molecule has 0 rings (SSSR count). The average molecular weight is 927 g/mol. The zero-order chi connectivity index (χ0) is 48.6. The molecule has 0 aliphatic heterocycles. The highest BCUT2D eigenvalue weighted by Gasteiger charge is 2.19. The van der Waals surface area contributed by atoms with Crippen molar-refractivity contribution in [1.29, 1.82) is 0 Å². The van der Waals surface area contributed by atoms with Crippen LogP contribution in [0.2, 0.25) is 0 Å². The van der Waals surface area contributed by atoms with Gasteiger partial charge in [0.1, 0.15) is 13.2 Å². The number of carbonyl (C=O) groups excluding carboxylic acids is 3. The normalized spacial score (nSPS) is 13.1. The summed E-state index contributed by atoms with van der Waals surface area (Å²) in [7, 11) is 0. The van der Waals surface area contributed by atoms with Gasteiger partial charge in [0.25, 0.3) is 0 Å². The average Bonchev–Trinajstić information content (AvgIpc) is 3.33. The highest BCUT2D eigenvalue weighted by molar-refractivity contribution is 5.71. The monoisotopic (exact) mass is 927 g/mol. The van der Waals surface area contributed by atoms with Crippen LogP contribution in [0.1, 0.15) is 226 Å². The lowest BCUT2D eigenvalue weighted by molar-refractivity contribution is -0.167. The van der Waals surface area contributed by atoms with E-state index in [9.17, 15) is 14.4 Å². The predicted octanol–water partition coefficient (Wildman–Crippen LogP) is 18.1. The van der Waals surface area contributed by atoms with E-state index in [0.717, 1.165) is 116 Å². The fraction of sp³-hybridized carbons (Fsp3) is 0.623. The molecule has 6 nitrogen and oxygen atoms in total. The highest BCUT2D eigenvalue weighted by atomic mass is 16.6. The summed E-state index contributed by atoms with van der Waals surface area (Å²) in [6, 6.07) is 0. The summed E-state index contributed by atoms with van der Waals surface area (Å²) < 4.78 is 16.8. The summed E-state index contributed by atoms with van der Waals surface area (Å²) in [5.41, 5.74) is 0. The topological polar surface area (TPSA) is 78.9 Å². The van der Waals surface area contributed by atoms with Crippen molar-refractivity contribution in [1.82, 2.24) is 0 Å². The van der Waals surface area contributed by atoms with Crippen LogP contribution >= 0.6 is 0 Å². The third kappa shape index (κ3) is 52.6. The highest BCUT2D eigenvalue weighted by Crippen LogP contribution is 2.13. The molecule has 0 radical (unpaired) electrons. The molecule has 378 valence electrons. The van der Waals surface area contributed by atoms with Gasteiger partial charge in [-0.1, -0.05) is 200 Å². The Hall–Kier alpha value is -4.19. The van der Waals surface area contributed by atoms with Crippen LogP contribution in [0.15, 0.2) is 122 Å². The van der Waals surface area contributed by atoms with Gasteiger partial charge in [0, 0.05) is 19.3 Å². The van der Waals surface area contributed by atoms with E-state index >= 15 is 0 Å². The van der Waals surface area contributed by atoms with Crippen molar-refractivity contribution in [2.45, 2.75) is 232 Å². The van der Waals surface area contributed by atoms with E-state index in [2.05, 4.69) is 142 Å². The number of carbonyl (C=O) groups is 3. The molecule has 6 heteroatoms. The van der Waals surface area contributed by atoms with Gasteiger partial charge in [-0.05, 0) is 128 Å². The van der Waals surface area contributed by atoms with Gasteiger partial charge in [-0.15, -0.1) is 0 Å². The molecular weight excluding hydrogens is 829 g/mol. The van der Waals surface area contributed by atoms with E-state index in [1.54, 1.807) is 0 Å². The summed E-state index contributed by atoms with van der Waals surface area (Å²) in [6.07, 6.45) is 74.7. The maximum Gasteiger partial charge on any atom is 0.306 e. The first kappa shape index (κ1) is 62.8. The summed E-state index contributed by atoms with van der Waals surface area (Å²) in [4.78, 5) is 38.1. The van der Waals surface area contributed by atoms with Gasteiger partial charge in [0.05, 0.1) is 0 Å². The third-order valence-electron chi connectivity index (χ3n) is 10.9. The van der Waals surface area contributed by atoms with Crippen molar-refractivity contribution in [3.05, 3.63) is 122 Å². The molecule has 0 aromatic heterocycles. The van der Waals surface area contributed by atoms with Gasteiger partial charge in [-0.2, -0.15) is 0 Å². The first-order chi connectivity index (χ1) is 33.0. The van der Waals surface area contributed by atoms with Crippen LogP contribution in [0.3, 0.4) is 0 Å². The molecular formula is C61H98O6. The molecule has 0 bridgehead atoms. The third-order valence-corrected chi connectivity index (χ3v) is 10.9. The van der Waals surface area contributed by atoms with Crippen LogP contribution in [0.25, 0.3) is 0 Å². The lowest BCUT2D eigenvalue weighted by atomic mass is 10.1. The zero-order valence-corrected chi connectivity index (χ0v) is 43.1. The van der Waals surface area contributed by atoms with E-state index in [-0.39, 0.29) is 31.1 Å². The molecule has 0 spiro atoms. The maximum atomic E-state index is 12.8. The first-order valence-electron chi connectivity index (χ1n) is 27.0. The maximum absolute atomic E-state index is 12.8. The molecule has 0 amide bonds. The standard InChI is InChI=1S/C61H98O6/c1-4-7-10-13-16-19-22-25-28-29-30-31-34-36-39-42-45-48-51-54-60(63)66-57-58(67-61(64)55-52-49-46-43-40-37-33-27-24-21-18-15-12-9-6-3)56-65-59(62)53-50-47-44-41-38-35-32-26-23-20-17-14-11-8-5-2/h7-8,10-11,16-17,19-21,24-26,28,30-32,36,38-39,41,58H,4-6,9,12-15,18,22-23,27,29,33-35,37,40,42-57H2,1-3H3/b10-7-,11-8-,19-16-,20-17-,24-21-,28-25-,31-30-,32-26-,39-36-,41-38-/t58-/m0/s1. The molecule has 0 saturated carbocycles. The van der Waals surface area contributed by atoms with E-state index in [4.69, 9.17) is 14.2 Å². The summed E-state index contributed by atoms with van der Waals surface area (Å²) in [5.74, 6) is -0.994. The van der Waals surface area contributed by atoms with Crippen molar-refractivity contribution in [3.8, 4) is 0 Å². The zero-order valence-electron chi connectivity index (χ0n) is 43.1. The number of unbranched alkanes of at least 4 members (excludes halogenated alkanes) is 16. The van der Waals surface area contributed by atoms with Gasteiger partial charge < -0.3 is 14.2 Å². The molecule has 0 aliphatic rings. The van der Waals surface area contributed by atoms with Crippen molar-refractivity contribution < 1.29 is 28.6 Å². The number of esters is 3. The van der Waals surface area contributed by atoms with E-state index < -0.39 is 6.10 Å². The Morgan fingerprint density at radius 3 is 0.970 bits per heavy atom. The van der Waals surface area contributed by atoms with E-state index in [1.807, 2.05) is 0 Å². The second-order valence-electron chi connectivity index (χ2n) is 17.4. The van der Waals surface area contributed by atoms with Gasteiger partial charge in [0.2, 0.25) is 0 Å². The fourth-order valence-electron chi connectivity index (χ4n) is 6.92. The van der Waals surface area contributed by atoms with Crippen LogP contribution < -0.4 is 0 Å². The lowest BCUT2D eigenvalue weighted by Crippen LogP contribution is -2.30. The minimum Gasteiger partial charge on any atom is -0.462 e. The van der Waals surface area contributed by atoms with Gasteiger partial charge in [-0.25, -0.2) is 0 Å². The Kier molecular flexibility index (Phi) is 51.0. The Bertz CT molecular complexity index is 1440. The van der Waals surface area contributed by atoms with Gasteiger partial charge >= 0.3 is 17.9 Å². The second kappa shape index (κ2) is 54.4. The van der Waals surface area contributed by atoms with Gasteiger partial charge in [0.15, 0.2) is 6.10 Å². The van der Waals surface area contributed by atoms with E-state index in [0.29, 0.717) is 25.7 Å². The van der Waals surface area contributed by atoms with Crippen molar-refractivity contribution in [2.24, 2.45) is 0 Å². The van der Waals surface area contributed by atoms with Crippen LogP contribution in [-0.4, -0.2) is 37.2 Å². The first-order valence-corrected chi connectivity index (χ1v) is 27.0. The Balaban J connectivity index is 4.53. The second-order valence-corrected chi connectivity index (χ2v) is 17.4. The molecule has 0 aliphatic carbocycles. The Morgan fingerprint density at radius 2 is 0.582 bits per heavy atom. The minimum absolute atomic E-state index is 0.113. The van der Waals surface area contributed by atoms with Crippen molar-refractivity contribution in [3.63, 3.8) is 0 Å². The number of hydrogen-bond donors (Lipinski definition) is 0. The van der Waals surface area contributed by atoms with Crippen LogP contribution in [0, 0.1) is 0 Å². The summed E-state index contributed by atoms with van der Waals surface area (Å²) in [6.45, 7) is 6.32. The summed E-state index contributed by atoms with van der Waals surface area (Å²) >= 11 is 0. The van der Waals surface area contributed by atoms with Crippen molar-refractivity contribution >= 4 is 17.9 Å². The molecule has 0 N–H and O–H groups in total. The molecule has 0 saturated heterocycles. The molecule has 67 heavy (non-hydrogen) atoms. The lowest BCUT2D eigenvalue weighted by Gasteiger charge is -2.18. The SMILES string of the molecule is CC/C=C\C/C=C\C/C=C\C/C=C\C/C=C\CCCCCC(=O)OC[C@H](COC(=O)CCCC/C=C\C/C=C\C/C=C\C/C=C\CC)OC(=O)CCCCCCCCC/C=C\CCCCCC. The quantitative estimate of drug-likeness (QED) is 0.0262. The van der Waals surface area contributed by atoms with E-state index in [1.165, 1.54) is 64.2 Å². The molecule has 1 atom stereocenters. The molecule has 0 aromatic carbocycles. The Morgan fingerprint density at radius 1 is 0.313 bits per heavy atom. The number of ether oxygens (including phenoxy) is 3. The smallest absolute Gasteiger partial charge is 0.306 e. The molecule has 0 fully saturated rings. The molecule has 0 unspecified atom stereocenters. The number of allylic oxidation sites excluding steroid dienone is 20. The van der Waals surface area contributed by atoms with Gasteiger partial charge in [-0.3, -0.25) is 14.4 Å². The number of hydrogen-bond acceptors (Lipinski definition) is 6. The minimum atomic E-state index is -0.814. The molecule has 0 heterocycles. The fourth-order valence-corrected chi connectivity index (χ4v) is 6.92. The Labute approximate surface area is 412 Å². The summed E-state index contributed by atoms with van der Waals surface area (Å²) in [5, 5.41) is 0. The molecule has 0 aromatic rings.